The molecule has 0 spiro atoms. The molecule has 0 aromatic heterocycles. The summed E-state index contributed by atoms with van der Waals surface area (Å²) in [5.74, 6) is 0.954. The van der Waals surface area contributed by atoms with Crippen molar-refractivity contribution in [3.8, 4) is 0 Å². The molecular weight excluding hydrogens is 198 g/mol. The molecule has 0 bridgehead atoms. The molecule has 0 amide bonds. The van der Waals surface area contributed by atoms with Crippen molar-refractivity contribution in [3.63, 3.8) is 0 Å². The van der Waals surface area contributed by atoms with Crippen molar-refractivity contribution in [2.24, 2.45) is 21.8 Å². The number of hydrogen-bond acceptors (Lipinski definition) is 3. The lowest BCUT2D eigenvalue weighted by Gasteiger charge is -2.29. The molecule has 0 saturated carbocycles. The number of aliphatic imine (C=N–C) groups is 2. The Kier molecular flexibility index (Phi) is 3.03. The monoisotopic (exact) mass is 217 g/mol. The summed E-state index contributed by atoms with van der Waals surface area (Å²) >= 11 is 0. The van der Waals surface area contributed by atoms with Crippen LogP contribution in [0.5, 0.6) is 0 Å². The van der Waals surface area contributed by atoms with Crippen molar-refractivity contribution in [2.75, 3.05) is 6.54 Å². The first-order chi connectivity index (χ1) is 7.63. The summed E-state index contributed by atoms with van der Waals surface area (Å²) in [5, 5.41) is 7.78. The predicted octanol–water partition coefficient (Wildman–Crippen LogP) is 2.87. The lowest BCUT2D eigenvalue weighted by atomic mass is 9.81. The first kappa shape index (κ1) is 11.2. The molecule has 2 aliphatic rings. The smallest absolute Gasteiger partial charge is 0.0807 e. The van der Waals surface area contributed by atoms with E-state index >= 15 is 0 Å². The third-order valence-corrected chi connectivity index (χ3v) is 3.49. The molecular formula is C13H19N3. The zero-order valence-electron chi connectivity index (χ0n) is 10.2. The second-order valence-corrected chi connectivity index (χ2v) is 4.74. The first-order valence-electron chi connectivity index (χ1n) is 6.00. The number of dihydropyridines is 1. The standard InChI is InChI=1S/C13H19N3/c1-4-10-5-11-8(2)6-15-7-12(11)16-13(10)9(3)14/h7-8,10,14H,4-6H2,1-3H3. The molecule has 3 heteroatoms. The van der Waals surface area contributed by atoms with E-state index in [0.29, 0.717) is 17.5 Å². The second-order valence-electron chi connectivity index (χ2n) is 4.74. The highest BCUT2D eigenvalue weighted by molar-refractivity contribution is 6.41. The van der Waals surface area contributed by atoms with Crippen molar-refractivity contribution in [3.05, 3.63) is 11.3 Å². The largest absolute Gasteiger partial charge is 0.304 e. The van der Waals surface area contributed by atoms with Gasteiger partial charge in [0.15, 0.2) is 0 Å². The van der Waals surface area contributed by atoms with E-state index in [4.69, 9.17) is 5.41 Å². The van der Waals surface area contributed by atoms with Gasteiger partial charge >= 0.3 is 0 Å². The van der Waals surface area contributed by atoms with E-state index in [2.05, 4.69) is 23.8 Å². The van der Waals surface area contributed by atoms with E-state index in [1.165, 1.54) is 5.57 Å². The summed E-state index contributed by atoms with van der Waals surface area (Å²) in [6.45, 7) is 7.12. The molecule has 2 rings (SSSR count). The van der Waals surface area contributed by atoms with Gasteiger partial charge in [-0.05, 0) is 31.3 Å². The van der Waals surface area contributed by atoms with Crippen molar-refractivity contribution in [1.29, 1.82) is 5.41 Å². The highest BCUT2D eigenvalue weighted by atomic mass is 14.9. The van der Waals surface area contributed by atoms with Gasteiger partial charge in [-0.2, -0.15) is 0 Å². The van der Waals surface area contributed by atoms with E-state index < -0.39 is 0 Å². The van der Waals surface area contributed by atoms with Gasteiger partial charge in [0.2, 0.25) is 0 Å². The van der Waals surface area contributed by atoms with Gasteiger partial charge in [0.25, 0.3) is 0 Å². The average Bonchev–Trinajstić information content (AvgIpc) is 2.28. The molecule has 0 aromatic rings. The summed E-state index contributed by atoms with van der Waals surface area (Å²) in [6.07, 6.45) is 4.01. The lowest BCUT2D eigenvalue weighted by molar-refractivity contribution is 0.565. The van der Waals surface area contributed by atoms with Gasteiger partial charge in [-0.3, -0.25) is 4.99 Å². The molecule has 2 atom stereocenters. The molecule has 0 saturated heterocycles. The number of allylic oxidation sites excluding steroid dienone is 1. The van der Waals surface area contributed by atoms with E-state index in [0.717, 1.165) is 30.8 Å². The fourth-order valence-corrected chi connectivity index (χ4v) is 2.46. The van der Waals surface area contributed by atoms with Crippen LogP contribution in [0.1, 0.15) is 33.6 Å². The van der Waals surface area contributed by atoms with Crippen LogP contribution in [0.15, 0.2) is 21.3 Å². The van der Waals surface area contributed by atoms with Crippen LogP contribution in [0.3, 0.4) is 0 Å². The van der Waals surface area contributed by atoms with E-state index in [-0.39, 0.29) is 0 Å². The van der Waals surface area contributed by atoms with E-state index in [1.807, 2.05) is 13.1 Å². The molecule has 0 aromatic carbocycles. The highest BCUT2D eigenvalue weighted by Gasteiger charge is 2.28. The summed E-state index contributed by atoms with van der Waals surface area (Å²) in [7, 11) is 0. The van der Waals surface area contributed by atoms with Crippen LogP contribution in [-0.2, 0) is 0 Å². The molecule has 16 heavy (non-hydrogen) atoms. The van der Waals surface area contributed by atoms with Crippen LogP contribution in [0.2, 0.25) is 0 Å². The van der Waals surface area contributed by atoms with Crippen LogP contribution < -0.4 is 0 Å². The van der Waals surface area contributed by atoms with Crippen molar-refractivity contribution < 1.29 is 0 Å². The Labute approximate surface area is 96.9 Å². The maximum absolute atomic E-state index is 7.78. The summed E-state index contributed by atoms with van der Waals surface area (Å²) in [6, 6.07) is 0. The molecule has 3 nitrogen and oxygen atoms in total. The van der Waals surface area contributed by atoms with Gasteiger partial charge in [-0.25, -0.2) is 4.99 Å². The second kappa shape index (κ2) is 4.32. The Balaban J connectivity index is 2.40. The van der Waals surface area contributed by atoms with Crippen LogP contribution in [0.25, 0.3) is 0 Å². The maximum atomic E-state index is 7.78. The van der Waals surface area contributed by atoms with Crippen LogP contribution in [0.4, 0.5) is 0 Å². The molecule has 0 radical (unpaired) electrons. The fraction of sp³-hybridized carbons (Fsp3) is 0.615. The van der Waals surface area contributed by atoms with E-state index in [9.17, 15) is 0 Å². The van der Waals surface area contributed by atoms with Crippen LogP contribution in [-0.4, -0.2) is 24.2 Å². The minimum absolute atomic E-state index is 0.435. The maximum Gasteiger partial charge on any atom is 0.0807 e. The lowest BCUT2D eigenvalue weighted by Crippen LogP contribution is -2.28. The van der Waals surface area contributed by atoms with Crippen LogP contribution in [0, 0.1) is 17.2 Å². The van der Waals surface area contributed by atoms with Crippen molar-refractivity contribution in [1.82, 2.24) is 0 Å². The first-order valence-corrected chi connectivity index (χ1v) is 6.00. The number of hydrogen-bond donors (Lipinski definition) is 1. The Hall–Kier alpha value is -1.25. The molecule has 2 heterocycles. The minimum atomic E-state index is 0.435. The van der Waals surface area contributed by atoms with Crippen LogP contribution >= 0.6 is 0 Å². The van der Waals surface area contributed by atoms with Gasteiger partial charge in [0.05, 0.1) is 17.1 Å². The quantitative estimate of drug-likeness (QED) is 0.691. The predicted molar refractivity (Wildman–Crippen MR) is 68.8 cm³/mol. The Morgan fingerprint density at radius 2 is 2.31 bits per heavy atom. The molecule has 0 fully saturated rings. The van der Waals surface area contributed by atoms with Gasteiger partial charge in [0, 0.05) is 18.7 Å². The normalized spacial score (nSPS) is 28.8. The SMILES string of the molecule is CCC1CC2=C(C=NCC2C)N=C1C(C)=N. The zero-order chi connectivity index (χ0) is 11.7. The topological polar surface area (TPSA) is 48.6 Å². The summed E-state index contributed by atoms with van der Waals surface area (Å²) < 4.78 is 0. The third-order valence-electron chi connectivity index (χ3n) is 3.49. The molecule has 2 aliphatic heterocycles. The van der Waals surface area contributed by atoms with Gasteiger partial charge in [-0.15, -0.1) is 0 Å². The summed E-state index contributed by atoms with van der Waals surface area (Å²) in [5.41, 5.74) is 4.02. The van der Waals surface area contributed by atoms with Gasteiger partial charge < -0.3 is 5.41 Å². The third kappa shape index (κ3) is 1.86. The summed E-state index contributed by atoms with van der Waals surface area (Å²) in [4.78, 5) is 8.96. The number of nitrogens with zero attached hydrogens (tertiary/aromatic N) is 2. The molecule has 0 aliphatic carbocycles. The van der Waals surface area contributed by atoms with Crippen molar-refractivity contribution in [2.45, 2.75) is 33.6 Å². The number of nitrogens with one attached hydrogen (secondary N) is 1. The Morgan fingerprint density at radius 3 is 2.94 bits per heavy atom. The average molecular weight is 217 g/mol. The molecule has 2 unspecified atom stereocenters. The Morgan fingerprint density at radius 1 is 1.56 bits per heavy atom. The zero-order valence-corrected chi connectivity index (χ0v) is 10.2. The minimum Gasteiger partial charge on any atom is -0.304 e. The Bertz CT molecular complexity index is 401. The fourth-order valence-electron chi connectivity index (χ4n) is 2.46. The molecule has 1 N–H and O–H groups in total. The molecule has 86 valence electrons. The van der Waals surface area contributed by atoms with Crippen molar-refractivity contribution >= 4 is 17.6 Å². The van der Waals surface area contributed by atoms with Gasteiger partial charge in [0.1, 0.15) is 0 Å². The number of rotatable bonds is 2. The van der Waals surface area contributed by atoms with Gasteiger partial charge in [-0.1, -0.05) is 13.8 Å². The van der Waals surface area contributed by atoms with E-state index in [1.54, 1.807) is 0 Å². The highest BCUT2D eigenvalue weighted by Crippen LogP contribution is 2.32.